The lowest BCUT2D eigenvalue weighted by atomic mass is 10.1. The van der Waals surface area contributed by atoms with E-state index >= 15 is 0 Å². The molecule has 0 fully saturated rings. The van der Waals surface area contributed by atoms with E-state index in [4.69, 9.17) is 9.73 Å². The normalized spacial score (nSPS) is 15.2. The molecule has 10 heteroatoms. The average Bonchev–Trinajstić information content (AvgIpc) is 3.53. The Hall–Kier alpha value is -3.55. The second-order valence-electron chi connectivity index (χ2n) is 7.48. The molecule has 1 unspecified atom stereocenters. The molecule has 0 spiro atoms. The van der Waals surface area contributed by atoms with E-state index in [-0.39, 0.29) is 6.04 Å². The Kier molecular flexibility index (Phi) is 6.38. The van der Waals surface area contributed by atoms with E-state index in [0.29, 0.717) is 34.6 Å². The molecule has 2 aromatic heterocycles. The van der Waals surface area contributed by atoms with Crippen LogP contribution in [0.5, 0.6) is 5.75 Å². The van der Waals surface area contributed by atoms with Gasteiger partial charge in [0.2, 0.25) is 5.95 Å². The van der Waals surface area contributed by atoms with Gasteiger partial charge in [-0.3, -0.25) is 4.99 Å². The number of nitrogens with one attached hydrogen (secondary N) is 1. The van der Waals surface area contributed by atoms with Crippen LogP contribution in [0.4, 0.5) is 5.95 Å². The highest BCUT2D eigenvalue weighted by Gasteiger charge is 2.22. The van der Waals surface area contributed by atoms with E-state index in [1.807, 2.05) is 48.7 Å². The molecule has 2 aromatic carbocycles. The first-order chi connectivity index (χ1) is 16.7. The van der Waals surface area contributed by atoms with Gasteiger partial charge in [-0.25, -0.2) is 4.98 Å². The maximum atomic E-state index is 9.90. The molecule has 1 aliphatic heterocycles. The number of rotatable bonds is 7. The summed E-state index contributed by atoms with van der Waals surface area (Å²) in [6, 6.07) is 20.2. The number of aliphatic imine (C=N–C) groups is 1. The number of thioether (sulfide) groups is 2. The first-order valence-corrected chi connectivity index (χ1v) is 12.8. The molecule has 1 N–H and O–H groups in total. The second-order valence-corrected chi connectivity index (χ2v) is 9.28. The van der Waals surface area contributed by atoms with Crippen LogP contribution in [-0.2, 0) is 0 Å². The number of benzene rings is 2. The smallest absolute Gasteiger partial charge is 0.255 e. The summed E-state index contributed by atoms with van der Waals surface area (Å²) in [7, 11) is 1.62. The van der Waals surface area contributed by atoms with E-state index < -0.39 is 0 Å². The van der Waals surface area contributed by atoms with E-state index in [2.05, 4.69) is 38.6 Å². The number of aromatic nitrogens is 4. The Morgan fingerprint density at radius 2 is 1.94 bits per heavy atom. The van der Waals surface area contributed by atoms with Crippen molar-refractivity contribution in [3.63, 3.8) is 0 Å². The van der Waals surface area contributed by atoms with E-state index in [9.17, 15) is 5.26 Å². The van der Waals surface area contributed by atoms with Gasteiger partial charge in [-0.15, -0.1) is 28.6 Å². The summed E-state index contributed by atoms with van der Waals surface area (Å²) in [4.78, 5) is 14.0. The maximum absolute atomic E-state index is 9.90. The molecule has 5 rings (SSSR count). The lowest BCUT2D eigenvalue weighted by Crippen LogP contribution is -2.18. The number of anilines is 1. The lowest BCUT2D eigenvalue weighted by molar-refractivity contribution is 0.415. The van der Waals surface area contributed by atoms with Gasteiger partial charge in [0.15, 0.2) is 0 Å². The van der Waals surface area contributed by atoms with Crippen LogP contribution in [0.3, 0.4) is 0 Å². The Bertz CT molecular complexity index is 1400. The number of nitriles is 1. The van der Waals surface area contributed by atoms with Crippen molar-refractivity contribution in [2.45, 2.75) is 11.1 Å². The summed E-state index contributed by atoms with van der Waals surface area (Å²) in [5.41, 5.74) is 3.09. The van der Waals surface area contributed by atoms with Crippen molar-refractivity contribution in [3.8, 4) is 23.1 Å². The third-order valence-electron chi connectivity index (χ3n) is 5.35. The third kappa shape index (κ3) is 4.32. The van der Waals surface area contributed by atoms with Crippen LogP contribution >= 0.6 is 23.5 Å². The third-order valence-corrected chi connectivity index (χ3v) is 7.20. The molecule has 170 valence electrons. The van der Waals surface area contributed by atoms with Gasteiger partial charge in [0, 0.05) is 23.4 Å². The van der Waals surface area contributed by atoms with Crippen molar-refractivity contribution < 1.29 is 4.74 Å². The minimum atomic E-state index is 0.122. The van der Waals surface area contributed by atoms with Crippen LogP contribution in [0.15, 0.2) is 64.6 Å². The standard InChI is InChI=1S/C24H21N7OS2/c1-32-18-10-8-15(9-11-18)20-19(12-25)22(33-2)28-24-29-23(30-31(20)24)26-13-17-14-34-21(27-17)16-6-4-3-5-7-16/h3-11,17H,13-14H2,1-2H3,(H,26,30). The minimum absolute atomic E-state index is 0.122. The Labute approximate surface area is 205 Å². The SMILES string of the molecule is COc1ccc(-c2c(C#N)c(SC)nc3nc(NCC4CSC(c5ccccc5)=N4)nn23)cc1. The fourth-order valence-corrected chi connectivity index (χ4v) is 5.28. The average molecular weight is 488 g/mol. The molecule has 1 atom stereocenters. The number of hydrogen-bond donors (Lipinski definition) is 1. The predicted octanol–water partition coefficient (Wildman–Crippen LogP) is 4.37. The number of nitrogens with zero attached hydrogens (tertiary/aromatic N) is 6. The summed E-state index contributed by atoms with van der Waals surface area (Å²) in [5, 5.41) is 19.5. The van der Waals surface area contributed by atoms with Crippen molar-refractivity contribution in [2.24, 2.45) is 4.99 Å². The van der Waals surface area contributed by atoms with Gasteiger partial charge in [-0.1, -0.05) is 30.3 Å². The van der Waals surface area contributed by atoms with Crippen molar-refractivity contribution >= 4 is 40.3 Å². The zero-order valence-electron chi connectivity index (χ0n) is 18.6. The highest BCUT2D eigenvalue weighted by Crippen LogP contribution is 2.31. The molecule has 0 bridgehead atoms. The highest BCUT2D eigenvalue weighted by atomic mass is 32.2. The Balaban J connectivity index is 1.45. The van der Waals surface area contributed by atoms with E-state index in [1.165, 1.54) is 11.8 Å². The molecule has 8 nitrogen and oxygen atoms in total. The molecule has 4 aromatic rings. The quantitative estimate of drug-likeness (QED) is 0.303. The fraction of sp³-hybridized carbons (Fsp3) is 0.208. The molecular weight excluding hydrogens is 466 g/mol. The highest BCUT2D eigenvalue weighted by molar-refractivity contribution is 8.14. The van der Waals surface area contributed by atoms with Crippen molar-refractivity contribution in [1.29, 1.82) is 5.26 Å². The van der Waals surface area contributed by atoms with Gasteiger partial charge in [0.05, 0.1) is 23.9 Å². The monoisotopic (exact) mass is 487 g/mol. The molecule has 0 saturated carbocycles. The van der Waals surface area contributed by atoms with Crippen molar-refractivity contribution in [1.82, 2.24) is 19.6 Å². The summed E-state index contributed by atoms with van der Waals surface area (Å²) in [5.74, 6) is 2.53. The van der Waals surface area contributed by atoms with Crippen LogP contribution in [0, 0.1) is 11.3 Å². The summed E-state index contributed by atoms with van der Waals surface area (Å²) in [6.07, 6.45) is 1.90. The van der Waals surface area contributed by atoms with Gasteiger partial charge in [0.25, 0.3) is 5.78 Å². The molecule has 1 aliphatic rings. The number of fused-ring (bicyclic) bond motifs is 1. The van der Waals surface area contributed by atoms with Crippen LogP contribution in [0.1, 0.15) is 11.1 Å². The molecule has 0 aliphatic carbocycles. The minimum Gasteiger partial charge on any atom is -0.497 e. The maximum Gasteiger partial charge on any atom is 0.255 e. The van der Waals surface area contributed by atoms with Gasteiger partial charge < -0.3 is 10.1 Å². The second kappa shape index (κ2) is 9.75. The molecule has 3 heterocycles. The predicted molar refractivity (Wildman–Crippen MR) is 137 cm³/mol. The van der Waals surface area contributed by atoms with Gasteiger partial charge in [0.1, 0.15) is 22.4 Å². The fourth-order valence-electron chi connectivity index (χ4n) is 3.69. The van der Waals surface area contributed by atoms with E-state index in [1.54, 1.807) is 23.4 Å². The molecule has 0 saturated heterocycles. The zero-order chi connectivity index (χ0) is 23.5. The molecule has 0 radical (unpaired) electrons. The Morgan fingerprint density at radius 1 is 1.15 bits per heavy atom. The van der Waals surface area contributed by atoms with E-state index in [0.717, 1.165) is 27.7 Å². The zero-order valence-corrected chi connectivity index (χ0v) is 20.2. The number of hydrogen-bond acceptors (Lipinski definition) is 9. The number of ether oxygens (including phenoxy) is 1. The summed E-state index contributed by atoms with van der Waals surface area (Å²) >= 11 is 3.17. The van der Waals surface area contributed by atoms with Gasteiger partial charge >= 0.3 is 0 Å². The summed E-state index contributed by atoms with van der Waals surface area (Å²) < 4.78 is 6.91. The van der Waals surface area contributed by atoms with Gasteiger partial charge in [-0.2, -0.15) is 14.8 Å². The molecule has 34 heavy (non-hydrogen) atoms. The van der Waals surface area contributed by atoms with Crippen molar-refractivity contribution in [2.75, 3.05) is 31.0 Å². The molecular formula is C24H21N7OS2. The first kappa shape index (κ1) is 22.3. The Morgan fingerprint density at radius 3 is 2.65 bits per heavy atom. The van der Waals surface area contributed by atoms with Crippen LogP contribution in [0.25, 0.3) is 17.0 Å². The summed E-state index contributed by atoms with van der Waals surface area (Å²) in [6.45, 7) is 0.610. The van der Waals surface area contributed by atoms with Crippen LogP contribution in [0.2, 0.25) is 0 Å². The van der Waals surface area contributed by atoms with Crippen molar-refractivity contribution in [3.05, 3.63) is 65.7 Å². The topological polar surface area (TPSA) is 100 Å². The lowest BCUT2D eigenvalue weighted by Gasteiger charge is -2.10. The number of methoxy groups -OCH3 is 1. The largest absolute Gasteiger partial charge is 0.497 e. The first-order valence-electron chi connectivity index (χ1n) is 10.6. The van der Waals surface area contributed by atoms with Crippen LogP contribution < -0.4 is 10.1 Å². The van der Waals surface area contributed by atoms with Gasteiger partial charge in [-0.05, 0) is 30.5 Å². The molecule has 0 amide bonds. The van der Waals surface area contributed by atoms with Crippen LogP contribution in [-0.4, -0.2) is 56.3 Å².